The first-order valence-corrected chi connectivity index (χ1v) is 4.21. The number of nitrogens with zero attached hydrogens (tertiary/aromatic N) is 3. The van der Waals surface area contributed by atoms with Crippen molar-refractivity contribution < 1.29 is 0 Å². The highest BCUT2D eigenvalue weighted by molar-refractivity contribution is 7.09. The minimum absolute atomic E-state index is 0.895. The number of likely N-dealkylation sites (N-methyl/N-ethyl adjacent to an activating group) is 1. The molecule has 0 aliphatic carbocycles. The van der Waals surface area contributed by atoms with E-state index >= 15 is 0 Å². The van der Waals surface area contributed by atoms with Gasteiger partial charge in [-0.15, -0.1) is 0 Å². The van der Waals surface area contributed by atoms with Crippen molar-refractivity contribution in [3.05, 3.63) is 6.33 Å². The van der Waals surface area contributed by atoms with Crippen molar-refractivity contribution in [1.29, 1.82) is 0 Å². The van der Waals surface area contributed by atoms with Crippen LogP contribution in [0, 0.1) is 0 Å². The van der Waals surface area contributed by atoms with E-state index in [0.29, 0.717) is 0 Å². The summed E-state index contributed by atoms with van der Waals surface area (Å²) in [6.07, 6.45) is 1.56. The molecule has 0 aliphatic heterocycles. The van der Waals surface area contributed by atoms with Crippen molar-refractivity contribution in [2.45, 2.75) is 0 Å². The van der Waals surface area contributed by atoms with Crippen molar-refractivity contribution in [1.82, 2.24) is 14.3 Å². The molecule has 1 aromatic heterocycles. The van der Waals surface area contributed by atoms with E-state index in [4.69, 9.17) is 0 Å². The smallest absolute Gasteiger partial charge is 0.202 e. The second kappa shape index (κ2) is 4.25. The van der Waals surface area contributed by atoms with Crippen LogP contribution in [0.15, 0.2) is 6.33 Å². The van der Waals surface area contributed by atoms with Gasteiger partial charge in [0, 0.05) is 24.6 Å². The fraction of sp³-hybridized carbons (Fsp3) is 0.667. The van der Waals surface area contributed by atoms with Crippen LogP contribution in [-0.2, 0) is 0 Å². The Kier molecular flexibility index (Phi) is 3.25. The SMILES string of the molecule is CN(C)CCNc1ncns1. The van der Waals surface area contributed by atoms with E-state index in [0.717, 1.165) is 18.2 Å². The topological polar surface area (TPSA) is 41.0 Å². The number of aromatic nitrogens is 2. The summed E-state index contributed by atoms with van der Waals surface area (Å²) < 4.78 is 3.87. The number of hydrogen-bond acceptors (Lipinski definition) is 5. The second-order valence-corrected chi connectivity index (χ2v) is 3.26. The van der Waals surface area contributed by atoms with Gasteiger partial charge in [0.1, 0.15) is 6.33 Å². The quantitative estimate of drug-likeness (QED) is 0.718. The van der Waals surface area contributed by atoms with Gasteiger partial charge < -0.3 is 10.2 Å². The first-order chi connectivity index (χ1) is 5.29. The fourth-order valence-electron chi connectivity index (χ4n) is 0.637. The van der Waals surface area contributed by atoms with E-state index in [1.807, 2.05) is 14.1 Å². The largest absolute Gasteiger partial charge is 0.359 e. The summed E-state index contributed by atoms with van der Waals surface area (Å²) in [5, 5.41) is 4.05. The second-order valence-electron chi connectivity index (χ2n) is 2.48. The first-order valence-electron chi connectivity index (χ1n) is 3.44. The van der Waals surface area contributed by atoms with Crippen LogP contribution in [0.4, 0.5) is 5.13 Å². The highest BCUT2D eigenvalue weighted by atomic mass is 32.1. The van der Waals surface area contributed by atoms with Gasteiger partial charge >= 0.3 is 0 Å². The zero-order valence-corrected chi connectivity index (χ0v) is 7.56. The van der Waals surface area contributed by atoms with Crippen molar-refractivity contribution in [3.8, 4) is 0 Å². The molecule has 0 atom stereocenters. The Hall–Kier alpha value is -0.680. The summed E-state index contributed by atoms with van der Waals surface area (Å²) >= 11 is 1.38. The van der Waals surface area contributed by atoms with Crippen molar-refractivity contribution in [2.75, 3.05) is 32.5 Å². The van der Waals surface area contributed by atoms with E-state index in [2.05, 4.69) is 19.6 Å². The lowest BCUT2D eigenvalue weighted by Gasteiger charge is -2.08. The molecule has 0 radical (unpaired) electrons. The lowest BCUT2D eigenvalue weighted by atomic mass is 10.6. The summed E-state index contributed by atoms with van der Waals surface area (Å²) in [7, 11) is 4.09. The third-order valence-electron chi connectivity index (χ3n) is 1.20. The van der Waals surface area contributed by atoms with E-state index in [9.17, 15) is 0 Å². The molecule has 1 N–H and O–H groups in total. The first kappa shape index (κ1) is 8.42. The molecule has 62 valence electrons. The molecule has 4 nitrogen and oxygen atoms in total. The van der Waals surface area contributed by atoms with Crippen LogP contribution in [0.25, 0.3) is 0 Å². The molecule has 0 spiro atoms. The fourth-order valence-corrected chi connectivity index (χ4v) is 1.09. The van der Waals surface area contributed by atoms with Gasteiger partial charge in [-0.05, 0) is 14.1 Å². The molecule has 0 bridgehead atoms. The summed E-state index contributed by atoms with van der Waals surface area (Å²) in [5.74, 6) is 0. The summed E-state index contributed by atoms with van der Waals surface area (Å²) in [4.78, 5) is 6.11. The van der Waals surface area contributed by atoms with E-state index in [1.165, 1.54) is 11.5 Å². The van der Waals surface area contributed by atoms with E-state index in [1.54, 1.807) is 6.33 Å². The molecular formula is C6H12N4S. The maximum atomic E-state index is 3.99. The van der Waals surface area contributed by atoms with Crippen LogP contribution in [-0.4, -0.2) is 41.4 Å². The molecule has 1 rings (SSSR count). The van der Waals surface area contributed by atoms with Crippen LogP contribution in [0.2, 0.25) is 0 Å². The molecule has 0 fully saturated rings. The maximum absolute atomic E-state index is 3.99. The Morgan fingerprint density at radius 2 is 2.45 bits per heavy atom. The summed E-state index contributed by atoms with van der Waals surface area (Å²) in [6, 6.07) is 0. The van der Waals surface area contributed by atoms with Gasteiger partial charge in [-0.1, -0.05) is 0 Å². The van der Waals surface area contributed by atoms with Gasteiger partial charge in [0.05, 0.1) is 0 Å². The minimum Gasteiger partial charge on any atom is -0.359 e. The summed E-state index contributed by atoms with van der Waals surface area (Å²) in [6.45, 7) is 1.93. The molecule has 11 heavy (non-hydrogen) atoms. The normalized spacial score (nSPS) is 10.5. The van der Waals surface area contributed by atoms with Crippen molar-refractivity contribution >= 4 is 16.7 Å². The average molecular weight is 172 g/mol. The Morgan fingerprint density at radius 3 is 3.00 bits per heavy atom. The Bertz CT molecular complexity index is 184. The van der Waals surface area contributed by atoms with E-state index < -0.39 is 0 Å². The third-order valence-corrected chi connectivity index (χ3v) is 1.82. The average Bonchev–Trinajstić information content (AvgIpc) is 2.39. The maximum Gasteiger partial charge on any atom is 0.202 e. The highest BCUT2D eigenvalue weighted by Crippen LogP contribution is 2.04. The van der Waals surface area contributed by atoms with E-state index in [-0.39, 0.29) is 0 Å². The molecule has 0 saturated heterocycles. The van der Waals surface area contributed by atoms with Crippen LogP contribution < -0.4 is 5.32 Å². The van der Waals surface area contributed by atoms with Crippen molar-refractivity contribution in [2.24, 2.45) is 0 Å². The van der Waals surface area contributed by atoms with Gasteiger partial charge in [-0.2, -0.15) is 4.37 Å². The van der Waals surface area contributed by atoms with Crippen molar-refractivity contribution in [3.63, 3.8) is 0 Å². The molecule has 5 heteroatoms. The van der Waals surface area contributed by atoms with Gasteiger partial charge in [-0.3, -0.25) is 0 Å². The zero-order chi connectivity index (χ0) is 8.10. The van der Waals surface area contributed by atoms with Crippen LogP contribution in [0.1, 0.15) is 0 Å². The molecule has 0 aromatic carbocycles. The standard InChI is InChI=1S/C6H12N4S/c1-10(2)4-3-7-6-8-5-9-11-6/h5H,3-4H2,1-2H3,(H,7,8,9). The molecule has 0 unspecified atom stereocenters. The van der Waals surface area contributed by atoms with Crippen LogP contribution in [0.3, 0.4) is 0 Å². The predicted octanol–water partition coefficient (Wildman–Crippen LogP) is 0.512. The van der Waals surface area contributed by atoms with Crippen LogP contribution >= 0.6 is 11.5 Å². The molecule has 1 heterocycles. The van der Waals surface area contributed by atoms with Gasteiger partial charge in [0.2, 0.25) is 5.13 Å². The Morgan fingerprint density at radius 1 is 1.64 bits per heavy atom. The molecular weight excluding hydrogens is 160 g/mol. The number of hydrogen-bond donors (Lipinski definition) is 1. The van der Waals surface area contributed by atoms with Gasteiger partial charge in [0.15, 0.2) is 0 Å². The summed E-state index contributed by atoms with van der Waals surface area (Å²) in [5.41, 5.74) is 0. The molecule has 1 aromatic rings. The number of anilines is 1. The van der Waals surface area contributed by atoms with Gasteiger partial charge in [0.25, 0.3) is 0 Å². The monoisotopic (exact) mass is 172 g/mol. The highest BCUT2D eigenvalue weighted by Gasteiger charge is 1.93. The lowest BCUT2D eigenvalue weighted by Crippen LogP contribution is -2.20. The molecule has 0 aliphatic rings. The molecule has 0 amide bonds. The Labute approximate surface area is 70.4 Å². The Balaban J connectivity index is 2.14. The zero-order valence-electron chi connectivity index (χ0n) is 6.74. The predicted molar refractivity (Wildman–Crippen MR) is 47.0 cm³/mol. The lowest BCUT2D eigenvalue weighted by molar-refractivity contribution is 0.425. The number of rotatable bonds is 4. The molecule has 0 saturated carbocycles. The van der Waals surface area contributed by atoms with Gasteiger partial charge in [-0.25, -0.2) is 4.98 Å². The number of nitrogens with one attached hydrogen (secondary N) is 1. The van der Waals surface area contributed by atoms with Crippen LogP contribution in [0.5, 0.6) is 0 Å². The minimum atomic E-state index is 0.895. The third kappa shape index (κ3) is 3.29.